The second-order valence-corrected chi connectivity index (χ2v) is 4.23. The van der Waals surface area contributed by atoms with Crippen molar-refractivity contribution < 1.29 is 9.53 Å². The smallest absolute Gasteiger partial charge is 0.158 e. The molecule has 13 heavy (non-hydrogen) atoms. The Balaban J connectivity index is 1.90. The second-order valence-electron chi connectivity index (χ2n) is 4.23. The molecular formula is C11H20O2. The summed E-state index contributed by atoms with van der Waals surface area (Å²) < 4.78 is 5.23. The molecule has 0 spiro atoms. The van der Waals surface area contributed by atoms with Crippen molar-refractivity contribution in [3.63, 3.8) is 0 Å². The Kier molecular flexibility index (Phi) is 4.43. The van der Waals surface area contributed by atoms with Crippen LogP contribution in [-0.2, 0) is 9.53 Å². The highest BCUT2D eigenvalue weighted by atomic mass is 16.5. The fourth-order valence-electron chi connectivity index (χ4n) is 1.33. The lowest BCUT2D eigenvalue weighted by atomic mass is 10.1. The van der Waals surface area contributed by atoms with Gasteiger partial charge in [0.05, 0.1) is 6.10 Å². The highest BCUT2D eigenvalue weighted by molar-refractivity contribution is 5.79. The summed E-state index contributed by atoms with van der Waals surface area (Å²) in [6.45, 7) is 4.22. The Morgan fingerprint density at radius 3 is 2.69 bits per heavy atom. The Morgan fingerprint density at radius 1 is 1.46 bits per heavy atom. The van der Waals surface area contributed by atoms with Gasteiger partial charge in [0, 0.05) is 6.42 Å². The van der Waals surface area contributed by atoms with Crippen LogP contribution in [0, 0.1) is 5.92 Å². The minimum Gasteiger partial charge on any atom is -0.371 e. The molecule has 0 aromatic rings. The van der Waals surface area contributed by atoms with E-state index >= 15 is 0 Å². The van der Waals surface area contributed by atoms with Gasteiger partial charge in [0.2, 0.25) is 0 Å². The predicted octanol–water partition coefficient (Wildman–Crippen LogP) is 2.56. The third kappa shape index (κ3) is 5.81. The van der Waals surface area contributed by atoms with Crippen LogP contribution in [0.4, 0.5) is 0 Å². The number of Topliss-reactive ketones (excluding diaryl/α,β-unsaturated/α-hetero) is 1. The zero-order chi connectivity index (χ0) is 9.68. The van der Waals surface area contributed by atoms with Crippen LogP contribution in [0.3, 0.4) is 0 Å². The summed E-state index contributed by atoms with van der Waals surface area (Å²) in [4.78, 5) is 11.2. The van der Waals surface area contributed by atoms with Crippen LogP contribution in [0.25, 0.3) is 0 Å². The molecule has 0 aromatic heterocycles. The maximum absolute atomic E-state index is 11.2. The third-order valence-electron chi connectivity index (χ3n) is 2.34. The van der Waals surface area contributed by atoms with Gasteiger partial charge >= 0.3 is 0 Å². The lowest BCUT2D eigenvalue weighted by Gasteiger charge is -2.05. The van der Waals surface area contributed by atoms with Gasteiger partial charge in [-0.1, -0.05) is 19.3 Å². The molecule has 1 saturated carbocycles. The van der Waals surface area contributed by atoms with E-state index < -0.39 is 0 Å². The molecule has 0 amide bonds. The molecule has 0 bridgehead atoms. The van der Waals surface area contributed by atoms with Crippen LogP contribution in [0.2, 0.25) is 0 Å². The minimum absolute atomic E-state index is 0.174. The average molecular weight is 184 g/mol. The number of carbonyl (C=O) groups is 1. The molecule has 1 fully saturated rings. The van der Waals surface area contributed by atoms with Crippen LogP contribution in [0.1, 0.15) is 46.0 Å². The topological polar surface area (TPSA) is 26.3 Å². The van der Waals surface area contributed by atoms with E-state index in [0.29, 0.717) is 13.0 Å². The molecule has 0 N–H and O–H groups in total. The highest BCUT2D eigenvalue weighted by Gasteiger charge is 2.20. The molecule has 2 heteroatoms. The maximum atomic E-state index is 11.2. The van der Waals surface area contributed by atoms with Crippen molar-refractivity contribution in [2.24, 2.45) is 5.92 Å². The van der Waals surface area contributed by atoms with E-state index in [4.69, 9.17) is 4.74 Å². The van der Waals surface area contributed by atoms with Crippen LogP contribution < -0.4 is 0 Å². The van der Waals surface area contributed by atoms with Gasteiger partial charge in [0.15, 0.2) is 5.78 Å². The summed E-state index contributed by atoms with van der Waals surface area (Å²) in [5.74, 6) is 1.20. The summed E-state index contributed by atoms with van der Waals surface area (Å²) >= 11 is 0. The number of ketones is 1. The zero-order valence-electron chi connectivity index (χ0n) is 8.71. The highest BCUT2D eigenvalue weighted by Crippen LogP contribution is 2.33. The lowest BCUT2D eigenvalue weighted by molar-refractivity contribution is -0.125. The first-order valence-corrected chi connectivity index (χ1v) is 5.32. The van der Waals surface area contributed by atoms with E-state index in [1.165, 1.54) is 19.3 Å². The Labute approximate surface area is 80.7 Å². The molecule has 0 heterocycles. The first kappa shape index (κ1) is 10.7. The van der Waals surface area contributed by atoms with Gasteiger partial charge in [-0.3, -0.25) is 4.79 Å². The molecule has 0 radical (unpaired) electrons. The number of ether oxygens (including phenoxy) is 1. The molecule has 0 saturated heterocycles. The van der Waals surface area contributed by atoms with Crippen molar-refractivity contribution in [2.45, 2.75) is 52.1 Å². The quantitative estimate of drug-likeness (QED) is 0.608. The van der Waals surface area contributed by atoms with Gasteiger partial charge in [-0.2, -0.15) is 0 Å². The van der Waals surface area contributed by atoms with Gasteiger partial charge in [-0.05, 0) is 26.2 Å². The zero-order valence-corrected chi connectivity index (χ0v) is 8.71. The minimum atomic E-state index is 0.174. The van der Waals surface area contributed by atoms with E-state index in [9.17, 15) is 4.79 Å². The molecule has 1 aliphatic carbocycles. The molecule has 0 atom stereocenters. The van der Waals surface area contributed by atoms with Crippen molar-refractivity contribution >= 4 is 5.78 Å². The fraction of sp³-hybridized carbons (Fsp3) is 0.909. The van der Waals surface area contributed by atoms with Gasteiger partial charge in [-0.25, -0.2) is 0 Å². The van der Waals surface area contributed by atoms with Gasteiger partial charge < -0.3 is 4.74 Å². The van der Waals surface area contributed by atoms with E-state index in [2.05, 4.69) is 0 Å². The molecule has 76 valence electrons. The van der Waals surface area contributed by atoms with Crippen LogP contribution in [0.5, 0.6) is 0 Å². The third-order valence-corrected chi connectivity index (χ3v) is 2.34. The maximum Gasteiger partial charge on any atom is 0.158 e. The van der Waals surface area contributed by atoms with Gasteiger partial charge in [0.25, 0.3) is 0 Å². The lowest BCUT2D eigenvalue weighted by Crippen LogP contribution is -2.12. The van der Waals surface area contributed by atoms with Gasteiger partial charge in [-0.15, -0.1) is 0 Å². The largest absolute Gasteiger partial charge is 0.371 e. The summed E-state index contributed by atoms with van der Waals surface area (Å²) in [5, 5.41) is 0. The summed E-state index contributed by atoms with van der Waals surface area (Å²) in [7, 11) is 0. The van der Waals surface area contributed by atoms with E-state index in [0.717, 1.165) is 12.3 Å². The van der Waals surface area contributed by atoms with Gasteiger partial charge in [0.1, 0.15) is 6.61 Å². The fourth-order valence-corrected chi connectivity index (χ4v) is 1.33. The van der Waals surface area contributed by atoms with Crippen LogP contribution >= 0.6 is 0 Å². The molecule has 0 aliphatic heterocycles. The summed E-state index contributed by atoms with van der Waals surface area (Å²) in [6, 6.07) is 0. The summed E-state index contributed by atoms with van der Waals surface area (Å²) in [6.07, 6.45) is 5.96. The number of hydrogen-bond acceptors (Lipinski definition) is 2. The predicted molar refractivity (Wildman–Crippen MR) is 52.7 cm³/mol. The average Bonchev–Trinajstić information content (AvgIpc) is 2.84. The molecule has 1 aliphatic rings. The van der Waals surface area contributed by atoms with Crippen molar-refractivity contribution in [3.8, 4) is 0 Å². The number of hydrogen-bond donors (Lipinski definition) is 0. The standard InChI is InChI=1S/C11H20O2/c1-9(2)13-8-11(12)5-3-4-10-6-7-10/h9-10H,3-8H2,1-2H3. The normalized spacial score (nSPS) is 16.5. The van der Waals surface area contributed by atoms with Crippen LogP contribution in [0.15, 0.2) is 0 Å². The van der Waals surface area contributed by atoms with Crippen molar-refractivity contribution in [3.05, 3.63) is 0 Å². The summed E-state index contributed by atoms with van der Waals surface area (Å²) in [5.41, 5.74) is 0. The van der Waals surface area contributed by atoms with E-state index in [1.807, 2.05) is 13.8 Å². The van der Waals surface area contributed by atoms with Crippen molar-refractivity contribution in [1.82, 2.24) is 0 Å². The molecule has 1 rings (SSSR count). The van der Waals surface area contributed by atoms with Crippen LogP contribution in [-0.4, -0.2) is 18.5 Å². The molecular weight excluding hydrogens is 164 g/mol. The molecule has 2 nitrogen and oxygen atoms in total. The first-order chi connectivity index (χ1) is 6.18. The molecule has 0 aromatic carbocycles. The molecule has 0 unspecified atom stereocenters. The monoisotopic (exact) mass is 184 g/mol. The van der Waals surface area contributed by atoms with Crippen molar-refractivity contribution in [2.75, 3.05) is 6.61 Å². The SMILES string of the molecule is CC(C)OCC(=O)CCCC1CC1. The van der Waals surface area contributed by atoms with E-state index in [-0.39, 0.29) is 11.9 Å². The first-order valence-electron chi connectivity index (χ1n) is 5.32. The second kappa shape index (κ2) is 5.38. The number of rotatable bonds is 7. The Hall–Kier alpha value is -0.370. The Bertz CT molecular complexity index is 159. The Morgan fingerprint density at radius 2 is 2.15 bits per heavy atom. The number of carbonyl (C=O) groups excluding carboxylic acids is 1. The van der Waals surface area contributed by atoms with Crippen molar-refractivity contribution in [1.29, 1.82) is 0 Å². The van der Waals surface area contributed by atoms with E-state index in [1.54, 1.807) is 0 Å².